The monoisotopic (exact) mass is 514 g/mol. The van der Waals surface area contributed by atoms with E-state index < -0.39 is 22.5 Å². The Balaban J connectivity index is 1.93. The molecule has 0 aliphatic heterocycles. The largest absolute Gasteiger partial charge is 0.495 e. The molecule has 0 radical (unpaired) electrons. The number of hydrogen-bond acceptors (Lipinski definition) is 6. The van der Waals surface area contributed by atoms with Crippen LogP contribution < -0.4 is 9.04 Å². The number of rotatable bonds is 6. The number of amides is 1. The number of hydrogen-bond donors (Lipinski definition) is 2. The molecule has 0 saturated heterocycles. The number of anilines is 1. The molecular weight excluding hydrogens is 500 g/mol. The molecule has 0 spiro atoms. The topological polar surface area (TPSA) is 124 Å². The van der Waals surface area contributed by atoms with E-state index in [0.29, 0.717) is 10.9 Å². The zero-order chi connectivity index (χ0) is 22.1. The molecular formula is C18H16BrClN4O5S. The van der Waals surface area contributed by atoms with Crippen molar-refractivity contribution in [1.82, 2.24) is 4.98 Å². The fraction of sp³-hybridized carbons (Fsp3) is 0.167. The van der Waals surface area contributed by atoms with Gasteiger partial charge in [0, 0.05) is 14.9 Å². The van der Waals surface area contributed by atoms with E-state index in [0.717, 1.165) is 15.0 Å². The quantitative estimate of drug-likeness (QED) is 0.472. The molecule has 0 bridgehead atoms. The van der Waals surface area contributed by atoms with Gasteiger partial charge in [-0.1, -0.05) is 27.5 Å². The first-order valence-electron chi connectivity index (χ1n) is 8.36. The lowest BCUT2D eigenvalue weighted by atomic mass is 10.2. The van der Waals surface area contributed by atoms with Crippen LogP contribution in [0.25, 0.3) is 10.9 Å². The summed E-state index contributed by atoms with van der Waals surface area (Å²) in [6.45, 7) is -0.633. The molecule has 9 nitrogen and oxygen atoms in total. The maximum Gasteiger partial charge on any atom is 0.285 e. The van der Waals surface area contributed by atoms with Gasteiger partial charge < -0.3 is 14.8 Å². The van der Waals surface area contributed by atoms with Crippen molar-refractivity contribution in [2.75, 3.05) is 24.2 Å². The van der Waals surface area contributed by atoms with Gasteiger partial charge in [-0.25, -0.2) is 8.42 Å². The summed E-state index contributed by atoms with van der Waals surface area (Å²) in [6.07, 6.45) is 0.945. The maximum absolute atomic E-state index is 12.4. The molecule has 0 saturated carbocycles. The van der Waals surface area contributed by atoms with Crippen LogP contribution in [-0.4, -0.2) is 44.3 Å². The van der Waals surface area contributed by atoms with Crippen molar-refractivity contribution in [3.8, 4) is 11.6 Å². The van der Waals surface area contributed by atoms with E-state index in [1.54, 1.807) is 18.2 Å². The lowest BCUT2D eigenvalue weighted by Gasteiger charge is -2.22. The van der Waals surface area contributed by atoms with Crippen molar-refractivity contribution in [3.05, 3.63) is 45.9 Å². The average Bonchev–Trinajstić information content (AvgIpc) is 2.98. The Morgan fingerprint density at radius 2 is 2.03 bits per heavy atom. The van der Waals surface area contributed by atoms with Crippen LogP contribution in [0.2, 0.25) is 5.02 Å². The molecule has 0 aliphatic carbocycles. The van der Waals surface area contributed by atoms with Crippen LogP contribution in [0.3, 0.4) is 0 Å². The number of ether oxygens (including phenoxy) is 1. The van der Waals surface area contributed by atoms with Crippen molar-refractivity contribution in [2.45, 2.75) is 0 Å². The predicted molar refractivity (Wildman–Crippen MR) is 117 cm³/mol. The molecule has 30 heavy (non-hydrogen) atoms. The van der Waals surface area contributed by atoms with Crippen LogP contribution >= 0.6 is 27.5 Å². The molecule has 0 unspecified atom stereocenters. The number of carbonyl (C=O) groups excluding carboxylic acids is 1. The predicted octanol–water partition coefficient (Wildman–Crippen LogP) is 4.37. The smallest absolute Gasteiger partial charge is 0.285 e. The lowest BCUT2D eigenvalue weighted by molar-refractivity contribution is -0.116. The van der Waals surface area contributed by atoms with Gasteiger partial charge in [-0.2, -0.15) is 0 Å². The summed E-state index contributed by atoms with van der Waals surface area (Å²) in [5, 5.41) is 18.2. The van der Waals surface area contributed by atoms with Gasteiger partial charge >= 0.3 is 0 Å². The van der Waals surface area contributed by atoms with Crippen molar-refractivity contribution in [1.29, 1.82) is 0 Å². The number of nitrogens with zero attached hydrogens (tertiary/aromatic N) is 3. The molecule has 1 amide bonds. The normalized spacial score (nSPS) is 11.9. The molecule has 3 aromatic rings. The second-order valence-corrected chi connectivity index (χ2v) is 9.45. The number of aromatic amines is 1. The first kappa shape index (κ1) is 22.1. The number of methoxy groups -OCH3 is 1. The van der Waals surface area contributed by atoms with E-state index in [1.165, 1.54) is 25.3 Å². The SMILES string of the molecule is COc1ccc(Cl)cc1N(CC(=O)N=Nc1c(O)[nH]c2ccc(Br)cc12)S(C)(=O)=O. The number of aromatic nitrogens is 1. The minimum atomic E-state index is -3.87. The fourth-order valence-electron chi connectivity index (χ4n) is 2.74. The number of benzene rings is 2. The molecule has 0 aliphatic rings. The molecule has 1 heterocycles. The van der Waals surface area contributed by atoms with Crippen molar-refractivity contribution in [2.24, 2.45) is 10.2 Å². The summed E-state index contributed by atoms with van der Waals surface area (Å²) in [5.41, 5.74) is 0.749. The Kier molecular flexibility index (Phi) is 6.34. The number of H-pyrrole nitrogens is 1. The Bertz CT molecular complexity index is 1260. The second kappa shape index (κ2) is 8.62. The van der Waals surface area contributed by atoms with E-state index in [4.69, 9.17) is 16.3 Å². The molecule has 0 fully saturated rings. The number of halogens is 2. The van der Waals surface area contributed by atoms with Crippen molar-refractivity contribution < 1.29 is 23.1 Å². The molecule has 3 rings (SSSR count). The van der Waals surface area contributed by atoms with Crippen molar-refractivity contribution >= 4 is 65.7 Å². The highest BCUT2D eigenvalue weighted by molar-refractivity contribution is 9.10. The van der Waals surface area contributed by atoms with E-state index >= 15 is 0 Å². The van der Waals surface area contributed by atoms with Crippen molar-refractivity contribution in [3.63, 3.8) is 0 Å². The third kappa shape index (κ3) is 4.74. The average molecular weight is 516 g/mol. The van der Waals surface area contributed by atoms with Crippen LogP contribution in [0.5, 0.6) is 11.6 Å². The minimum absolute atomic E-state index is 0.0610. The first-order valence-corrected chi connectivity index (χ1v) is 11.4. The number of carbonyl (C=O) groups is 1. The van der Waals surface area contributed by atoms with E-state index in [9.17, 15) is 18.3 Å². The molecule has 158 valence electrons. The zero-order valence-corrected chi connectivity index (χ0v) is 18.9. The standard InChI is InChI=1S/C18H16BrClN4O5S/c1-29-15-6-4-11(20)8-14(15)24(30(2,27)28)9-16(25)22-23-17-12-7-10(19)3-5-13(12)21-18(17)26/h3-8,21,26H,9H2,1-2H3. The van der Waals surface area contributed by atoms with Gasteiger partial charge in [0.2, 0.25) is 15.9 Å². The summed E-state index contributed by atoms with van der Waals surface area (Å²) in [7, 11) is -2.50. The number of fused-ring (bicyclic) bond motifs is 1. The molecule has 2 N–H and O–H groups in total. The molecule has 2 aromatic carbocycles. The zero-order valence-electron chi connectivity index (χ0n) is 15.8. The van der Waals surface area contributed by atoms with E-state index in [-0.39, 0.29) is 28.0 Å². The molecule has 12 heteroatoms. The Morgan fingerprint density at radius 1 is 1.30 bits per heavy atom. The van der Waals surface area contributed by atoms with Gasteiger partial charge in [-0.05, 0) is 36.4 Å². The number of sulfonamides is 1. The summed E-state index contributed by atoms with van der Waals surface area (Å²) in [5.74, 6) is -0.906. The van der Waals surface area contributed by atoms with Crippen LogP contribution in [0.1, 0.15) is 0 Å². The highest BCUT2D eigenvalue weighted by atomic mass is 79.9. The van der Waals surface area contributed by atoms with Gasteiger partial charge in [0.15, 0.2) is 5.69 Å². The highest BCUT2D eigenvalue weighted by Crippen LogP contribution is 2.37. The Hall–Kier alpha value is -2.63. The summed E-state index contributed by atoms with van der Waals surface area (Å²) < 4.78 is 31.3. The number of nitrogens with one attached hydrogen (secondary N) is 1. The molecule has 0 atom stereocenters. The van der Waals surface area contributed by atoms with Gasteiger partial charge in [0.1, 0.15) is 12.3 Å². The number of aromatic hydroxyl groups is 1. The van der Waals surface area contributed by atoms with Gasteiger partial charge in [-0.3, -0.25) is 9.10 Å². The second-order valence-electron chi connectivity index (χ2n) is 6.19. The maximum atomic E-state index is 12.4. The van der Waals surface area contributed by atoms with Gasteiger partial charge in [0.25, 0.3) is 5.91 Å². The number of azo groups is 1. The summed E-state index contributed by atoms with van der Waals surface area (Å²) >= 11 is 9.30. The van der Waals surface area contributed by atoms with E-state index in [1.807, 2.05) is 0 Å². The lowest BCUT2D eigenvalue weighted by Crippen LogP contribution is -2.34. The van der Waals surface area contributed by atoms with Gasteiger partial charge in [-0.15, -0.1) is 10.2 Å². The van der Waals surface area contributed by atoms with Crippen LogP contribution in [0.4, 0.5) is 11.4 Å². The van der Waals surface area contributed by atoms with Crippen LogP contribution in [0, 0.1) is 0 Å². The van der Waals surface area contributed by atoms with Gasteiger partial charge in [0.05, 0.1) is 24.6 Å². The Labute approximate surface area is 185 Å². The van der Waals surface area contributed by atoms with Crippen LogP contribution in [0.15, 0.2) is 51.1 Å². The highest BCUT2D eigenvalue weighted by Gasteiger charge is 2.24. The minimum Gasteiger partial charge on any atom is -0.495 e. The summed E-state index contributed by atoms with van der Waals surface area (Å²) in [4.78, 5) is 15.1. The molecule has 1 aromatic heterocycles. The first-order chi connectivity index (χ1) is 14.1. The fourth-order valence-corrected chi connectivity index (χ4v) is 4.11. The third-order valence-electron chi connectivity index (χ3n) is 4.06. The third-order valence-corrected chi connectivity index (χ3v) is 5.92. The van der Waals surface area contributed by atoms with Crippen LogP contribution in [-0.2, 0) is 14.8 Å². The van der Waals surface area contributed by atoms with E-state index in [2.05, 4.69) is 31.1 Å². The summed E-state index contributed by atoms with van der Waals surface area (Å²) in [6, 6.07) is 9.58. The Morgan fingerprint density at radius 3 is 2.70 bits per heavy atom.